The van der Waals surface area contributed by atoms with Crippen LogP contribution in [0.4, 0.5) is 0 Å². The van der Waals surface area contributed by atoms with Crippen LogP contribution in [0.1, 0.15) is 18.3 Å². The number of aryl methyl sites for hydroxylation is 2. The molecule has 0 aliphatic carbocycles. The van der Waals surface area contributed by atoms with Crippen molar-refractivity contribution in [1.82, 2.24) is 9.78 Å². The summed E-state index contributed by atoms with van der Waals surface area (Å²) in [5.41, 5.74) is 1.83. The molecule has 1 heterocycles. The van der Waals surface area contributed by atoms with E-state index in [1.165, 1.54) is 0 Å². The topological polar surface area (TPSA) is 58.3 Å². The summed E-state index contributed by atoms with van der Waals surface area (Å²) in [6, 6.07) is 1.89. The minimum absolute atomic E-state index is 0.240. The van der Waals surface area contributed by atoms with Crippen LogP contribution in [0, 0.1) is 0 Å². The van der Waals surface area contributed by atoms with Crippen LogP contribution >= 0.6 is 0 Å². The van der Waals surface area contributed by atoms with Crippen molar-refractivity contribution in [3.05, 3.63) is 17.5 Å². The first-order valence-corrected chi connectivity index (χ1v) is 4.01. The summed E-state index contributed by atoms with van der Waals surface area (Å²) in [7, 11) is 0.516. The lowest BCUT2D eigenvalue weighted by Gasteiger charge is -1.98. The second-order valence-corrected chi connectivity index (χ2v) is 2.79. The molecule has 0 spiro atoms. The molecule has 0 saturated heterocycles. The van der Waals surface area contributed by atoms with E-state index in [2.05, 4.69) is 5.10 Å². The number of nitrogens with zero attached hydrogens (tertiary/aromatic N) is 2. The Hall–Kier alpha value is -0.805. The van der Waals surface area contributed by atoms with Gasteiger partial charge in [0, 0.05) is 19.1 Å². The van der Waals surface area contributed by atoms with Crippen molar-refractivity contribution in [2.45, 2.75) is 19.7 Å². The average molecular weight is 168 g/mol. The third-order valence-corrected chi connectivity index (χ3v) is 1.78. The number of aromatic nitrogens is 2. The summed E-state index contributed by atoms with van der Waals surface area (Å²) in [6.07, 6.45) is 1.11. The molecule has 0 aromatic carbocycles. The molecule has 1 rings (SSSR count). The third-order valence-electron chi connectivity index (χ3n) is 1.78. The van der Waals surface area contributed by atoms with E-state index >= 15 is 0 Å². The molecule has 0 fully saturated rings. The van der Waals surface area contributed by atoms with E-state index in [0.29, 0.717) is 0 Å². The van der Waals surface area contributed by atoms with Crippen LogP contribution in [-0.4, -0.2) is 26.9 Å². The molecule has 0 saturated carbocycles. The van der Waals surface area contributed by atoms with Crippen LogP contribution in [0.2, 0.25) is 0 Å². The summed E-state index contributed by atoms with van der Waals surface area (Å²) < 4.78 is 1.68. The van der Waals surface area contributed by atoms with Gasteiger partial charge < -0.3 is 10.0 Å². The van der Waals surface area contributed by atoms with E-state index in [0.717, 1.165) is 17.8 Å². The van der Waals surface area contributed by atoms with E-state index in [-0.39, 0.29) is 6.32 Å². The van der Waals surface area contributed by atoms with Crippen LogP contribution < -0.4 is 0 Å². The average Bonchev–Trinajstić information content (AvgIpc) is 2.31. The van der Waals surface area contributed by atoms with Gasteiger partial charge in [-0.15, -0.1) is 0 Å². The highest BCUT2D eigenvalue weighted by Gasteiger charge is 2.12. The van der Waals surface area contributed by atoms with Crippen LogP contribution in [0.3, 0.4) is 0 Å². The van der Waals surface area contributed by atoms with Gasteiger partial charge in [0.05, 0.1) is 5.69 Å². The summed E-state index contributed by atoms with van der Waals surface area (Å²) in [5, 5.41) is 21.6. The van der Waals surface area contributed by atoms with Gasteiger partial charge in [0.2, 0.25) is 0 Å². The van der Waals surface area contributed by atoms with E-state index in [1.54, 1.807) is 11.7 Å². The fraction of sp³-hybridized carbons (Fsp3) is 0.571. The third kappa shape index (κ3) is 2.09. The molecule has 2 N–H and O–H groups in total. The predicted octanol–water partition coefficient (Wildman–Crippen LogP) is -0.463. The van der Waals surface area contributed by atoms with Crippen molar-refractivity contribution in [1.29, 1.82) is 0 Å². The van der Waals surface area contributed by atoms with Crippen molar-refractivity contribution in [3.8, 4) is 0 Å². The summed E-state index contributed by atoms with van der Waals surface area (Å²) in [5.74, 6) is 0. The normalized spacial score (nSPS) is 10.3. The van der Waals surface area contributed by atoms with Crippen molar-refractivity contribution in [3.63, 3.8) is 0 Å². The van der Waals surface area contributed by atoms with Crippen molar-refractivity contribution < 1.29 is 10.0 Å². The molecular weight excluding hydrogens is 155 g/mol. The highest BCUT2D eigenvalue weighted by Crippen LogP contribution is 2.04. The van der Waals surface area contributed by atoms with Gasteiger partial charge >= 0.3 is 7.12 Å². The van der Waals surface area contributed by atoms with Crippen molar-refractivity contribution in [2.24, 2.45) is 7.05 Å². The molecule has 5 heteroatoms. The summed E-state index contributed by atoms with van der Waals surface area (Å²) in [4.78, 5) is 0. The molecule has 4 nitrogen and oxygen atoms in total. The number of hydrogen-bond donors (Lipinski definition) is 2. The van der Waals surface area contributed by atoms with Crippen LogP contribution in [0.5, 0.6) is 0 Å². The molecule has 0 amide bonds. The first kappa shape index (κ1) is 9.28. The van der Waals surface area contributed by atoms with Crippen LogP contribution in [-0.2, 0) is 19.8 Å². The smallest absolute Gasteiger partial charge is 0.427 e. The van der Waals surface area contributed by atoms with Gasteiger partial charge in [-0.05, 0) is 12.5 Å². The largest absolute Gasteiger partial charge is 0.457 e. The van der Waals surface area contributed by atoms with Gasteiger partial charge in [-0.2, -0.15) is 5.10 Å². The van der Waals surface area contributed by atoms with Crippen LogP contribution in [0.15, 0.2) is 6.07 Å². The van der Waals surface area contributed by atoms with Gasteiger partial charge in [0.15, 0.2) is 0 Å². The second kappa shape index (κ2) is 3.73. The lowest BCUT2D eigenvalue weighted by molar-refractivity contribution is 0.403. The van der Waals surface area contributed by atoms with Gasteiger partial charge in [-0.25, -0.2) is 0 Å². The first-order valence-electron chi connectivity index (χ1n) is 4.01. The van der Waals surface area contributed by atoms with Gasteiger partial charge in [0.25, 0.3) is 0 Å². The summed E-state index contributed by atoms with van der Waals surface area (Å²) >= 11 is 0. The van der Waals surface area contributed by atoms with E-state index < -0.39 is 7.12 Å². The molecular formula is C7H13BN2O2. The highest BCUT2D eigenvalue weighted by atomic mass is 16.4. The zero-order valence-corrected chi connectivity index (χ0v) is 7.36. The maximum Gasteiger partial charge on any atom is 0.457 e. The molecule has 0 unspecified atom stereocenters. The Balaban J connectivity index is 2.77. The Morgan fingerprint density at radius 2 is 2.25 bits per heavy atom. The lowest BCUT2D eigenvalue weighted by atomic mass is 9.84. The molecule has 0 bridgehead atoms. The Bertz CT molecular complexity index is 260. The Morgan fingerprint density at radius 1 is 1.58 bits per heavy atom. The van der Waals surface area contributed by atoms with Gasteiger partial charge in [-0.1, -0.05) is 6.92 Å². The SMILES string of the molecule is CCc1cc(CB(O)O)n(C)n1. The fourth-order valence-electron chi connectivity index (χ4n) is 1.12. The molecule has 0 atom stereocenters. The molecule has 0 aliphatic rings. The first-order chi connectivity index (χ1) is 5.63. The number of hydrogen-bond acceptors (Lipinski definition) is 3. The fourth-order valence-corrected chi connectivity index (χ4v) is 1.12. The van der Waals surface area contributed by atoms with Gasteiger partial charge in [0.1, 0.15) is 0 Å². The minimum Gasteiger partial charge on any atom is -0.427 e. The second-order valence-electron chi connectivity index (χ2n) is 2.79. The Kier molecular flexibility index (Phi) is 2.89. The Labute approximate surface area is 72.0 Å². The standard InChI is InChI=1S/C7H13BN2O2/c1-3-6-4-7(5-8(11)12)10(2)9-6/h4,11-12H,3,5H2,1-2H3. The number of rotatable bonds is 3. The van der Waals surface area contributed by atoms with Crippen LogP contribution in [0.25, 0.3) is 0 Å². The maximum absolute atomic E-state index is 8.73. The van der Waals surface area contributed by atoms with Gasteiger partial charge in [-0.3, -0.25) is 4.68 Å². The maximum atomic E-state index is 8.73. The summed E-state index contributed by atoms with van der Waals surface area (Å²) in [6.45, 7) is 2.02. The molecule has 66 valence electrons. The molecule has 12 heavy (non-hydrogen) atoms. The quantitative estimate of drug-likeness (QED) is 0.600. The predicted molar refractivity (Wildman–Crippen MR) is 46.5 cm³/mol. The lowest BCUT2D eigenvalue weighted by Crippen LogP contribution is -2.17. The van der Waals surface area contributed by atoms with Crippen molar-refractivity contribution in [2.75, 3.05) is 0 Å². The van der Waals surface area contributed by atoms with E-state index in [4.69, 9.17) is 10.0 Å². The minimum atomic E-state index is -1.29. The zero-order valence-electron chi connectivity index (χ0n) is 7.36. The molecule has 1 aromatic heterocycles. The van der Waals surface area contributed by atoms with Crippen molar-refractivity contribution >= 4 is 7.12 Å². The molecule has 0 aliphatic heterocycles. The molecule has 0 radical (unpaired) electrons. The highest BCUT2D eigenvalue weighted by molar-refractivity contribution is 6.40. The Morgan fingerprint density at radius 3 is 2.67 bits per heavy atom. The van der Waals surface area contributed by atoms with E-state index in [9.17, 15) is 0 Å². The zero-order chi connectivity index (χ0) is 9.14. The molecule has 1 aromatic rings. The monoisotopic (exact) mass is 168 g/mol. The van der Waals surface area contributed by atoms with E-state index in [1.807, 2.05) is 13.0 Å².